The van der Waals surface area contributed by atoms with Gasteiger partial charge in [-0.1, -0.05) is 39.3 Å². The van der Waals surface area contributed by atoms with Gasteiger partial charge in [-0.3, -0.25) is 0 Å². The van der Waals surface area contributed by atoms with E-state index in [0.717, 1.165) is 23.3 Å². The average molecular weight is 260 g/mol. The molecule has 0 aliphatic rings. The maximum Gasteiger partial charge on any atom is 0.0931 e. The van der Waals surface area contributed by atoms with Gasteiger partial charge in [0.15, 0.2) is 0 Å². The Morgan fingerprint density at radius 2 is 1.88 bits per heavy atom. The van der Waals surface area contributed by atoms with Crippen molar-refractivity contribution in [2.24, 2.45) is 11.8 Å². The Labute approximate surface area is 108 Å². The molecule has 1 heterocycles. The number of hydrogen-bond acceptors (Lipinski definition) is 2. The molecular weight excluding hydrogens is 238 g/mol. The molecular formula is C13H22ClNS. The minimum absolute atomic E-state index is 0.581. The van der Waals surface area contributed by atoms with E-state index < -0.39 is 0 Å². The van der Waals surface area contributed by atoms with Crippen LogP contribution in [0.4, 0.5) is 0 Å². The fourth-order valence-electron chi connectivity index (χ4n) is 1.63. The molecule has 0 aliphatic carbocycles. The Bertz CT molecular complexity index is 309. The van der Waals surface area contributed by atoms with E-state index in [4.69, 9.17) is 11.6 Å². The van der Waals surface area contributed by atoms with Crippen LogP contribution in [0.15, 0.2) is 12.1 Å². The van der Waals surface area contributed by atoms with E-state index in [1.807, 2.05) is 6.07 Å². The standard InChI is InChI=1S/C13H22ClNS/c1-9(2)7-15-8-10(3)11(4)12-5-6-13(14)16-12/h5-6,9-11,15H,7-8H2,1-4H3. The van der Waals surface area contributed by atoms with Crippen LogP contribution in [-0.2, 0) is 0 Å². The zero-order valence-electron chi connectivity index (χ0n) is 10.6. The topological polar surface area (TPSA) is 12.0 Å². The number of thiophene rings is 1. The van der Waals surface area contributed by atoms with Gasteiger partial charge in [-0.2, -0.15) is 0 Å². The second kappa shape index (κ2) is 6.63. The molecule has 0 amide bonds. The van der Waals surface area contributed by atoms with Crippen LogP contribution in [0.5, 0.6) is 0 Å². The van der Waals surface area contributed by atoms with E-state index in [1.54, 1.807) is 11.3 Å². The molecule has 0 saturated heterocycles. The van der Waals surface area contributed by atoms with E-state index >= 15 is 0 Å². The molecule has 0 bridgehead atoms. The summed E-state index contributed by atoms with van der Waals surface area (Å²) in [5.41, 5.74) is 0. The van der Waals surface area contributed by atoms with Crippen molar-refractivity contribution in [1.29, 1.82) is 0 Å². The molecule has 16 heavy (non-hydrogen) atoms. The summed E-state index contributed by atoms with van der Waals surface area (Å²) in [5.74, 6) is 1.95. The second-order valence-electron chi connectivity index (χ2n) is 4.96. The first-order chi connectivity index (χ1) is 7.50. The molecule has 1 nitrogen and oxygen atoms in total. The van der Waals surface area contributed by atoms with Crippen molar-refractivity contribution >= 4 is 22.9 Å². The van der Waals surface area contributed by atoms with Gasteiger partial charge in [0.2, 0.25) is 0 Å². The highest BCUT2D eigenvalue weighted by atomic mass is 35.5. The van der Waals surface area contributed by atoms with Crippen molar-refractivity contribution in [3.05, 3.63) is 21.3 Å². The van der Waals surface area contributed by atoms with E-state index in [1.165, 1.54) is 4.88 Å². The molecule has 1 aromatic rings. The average Bonchev–Trinajstić information content (AvgIpc) is 2.63. The number of hydrogen-bond donors (Lipinski definition) is 1. The predicted octanol–water partition coefficient (Wildman–Crippen LogP) is 4.39. The SMILES string of the molecule is CC(C)CNCC(C)C(C)c1ccc(Cl)s1. The van der Waals surface area contributed by atoms with Crippen LogP contribution in [0.1, 0.15) is 38.5 Å². The lowest BCUT2D eigenvalue weighted by Crippen LogP contribution is -2.27. The Balaban J connectivity index is 2.38. The third kappa shape index (κ3) is 4.44. The fourth-order valence-corrected chi connectivity index (χ4v) is 2.88. The van der Waals surface area contributed by atoms with Crippen molar-refractivity contribution in [2.75, 3.05) is 13.1 Å². The van der Waals surface area contributed by atoms with Gasteiger partial charge in [0.1, 0.15) is 0 Å². The monoisotopic (exact) mass is 259 g/mol. The normalized spacial score (nSPS) is 15.4. The summed E-state index contributed by atoms with van der Waals surface area (Å²) >= 11 is 7.66. The summed E-state index contributed by atoms with van der Waals surface area (Å²) in [6.45, 7) is 11.2. The third-order valence-electron chi connectivity index (χ3n) is 2.92. The van der Waals surface area contributed by atoms with Crippen LogP contribution in [-0.4, -0.2) is 13.1 Å². The highest BCUT2D eigenvalue weighted by Gasteiger charge is 2.15. The van der Waals surface area contributed by atoms with Gasteiger partial charge >= 0.3 is 0 Å². The summed E-state index contributed by atoms with van der Waals surface area (Å²) in [6, 6.07) is 4.14. The lowest BCUT2D eigenvalue weighted by atomic mass is 9.94. The van der Waals surface area contributed by atoms with Crippen molar-refractivity contribution < 1.29 is 0 Å². The molecule has 1 aromatic heterocycles. The number of rotatable bonds is 6. The van der Waals surface area contributed by atoms with Crippen LogP contribution < -0.4 is 5.32 Å². The summed E-state index contributed by atoms with van der Waals surface area (Å²) in [4.78, 5) is 1.39. The maximum absolute atomic E-state index is 5.96. The van der Waals surface area contributed by atoms with Crippen LogP contribution in [0.25, 0.3) is 0 Å². The fraction of sp³-hybridized carbons (Fsp3) is 0.692. The maximum atomic E-state index is 5.96. The van der Waals surface area contributed by atoms with E-state index in [2.05, 4.69) is 39.1 Å². The van der Waals surface area contributed by atoms with Gasteiger partial charge in [-0.15, -0.1) is 11.3 Å². The molecule has 0 aliphatic heterocycles. The number of nitrogens with one attached hydrogen (secondary N) is 1. The van der Waals surface area contributed by atoms with Crippen LogP contribution in [0.3, 0.4) is 0 Å². The smallest absolute Gasteiger partial charge is 0.0931 e. The minimum atomic E-state index is 0.581. The van der Waals surface area contributed by atoms with Crippen LogP contribution >= 0.6 is 22.9 Å². The third-order valence-corrected chi connectivity index (χ3v) is 4.35. The number of halogens is 1. The molecule has 0 spiro atoms. The van der Waals surface area contributed by atoms with Gasteiger partial charge in [-0.25, -0.2) is 0 Å². The Morgan fingerprint density at radius 1 is 1.19 bits per heavy atom. The highest BCUT2D eigenvalue weighted by Crippen LogP contribution is 2.32. The zero-order valence-corrected chi connectivity index (χ0v) is 12.2. The summed E-state index contributed by atoms with van der Waals surface area (Å²) in [7, 11) is 0. The van der Waals surface area contributed by atoms with Gasteiger partial charge in [0.25, 0.3) is 0 Å². The van der Waals surface area contributed by atoms with Crippen LogP contribution in [0, 0.1) is 11.8 Å². The highest BCUT2D eigenvalue weighted by molar-refractivity contribution is 7.16. The van der Waals surface area contributed by atoms with Crippen molar-refractivity contribution in [3.8, 4) is 0 Å². The molecule has 0 saturated carbocycles. The van der Waals surface area contributed by atoms with Gasteiger partial charge in [-0.05, 0) is 43.0 Å². The van der Waals surface area contributed by atoms with E-state index in [0.29, 0.717) is 11.8 Å². The molecule has 1 rings (SSSR count). The molecule has 2 atom stereocenters. The minimum Gasteiger partial charge on any atom is -0.316 e. The van der Waals surface area contributed by atoms with E-state index in [-0.39, 0.29) is 0 Å². The largest absolute Gasteiger partial charge is 0.316 e. The predicted molar refractivity (Wildman–Crippen MR) is 74.6 cm³/mol. The summed E-state index contributed by atoms with van der Waals surface area (Å²) in [5, 5.41) is 3.51. The molecule has 2 unspecified atom stereocenters. The molecule has 0 radical (unpaired) electrons. The quantitative estimate of drug-likeness (QED) is 0.799. The molecule has 1 N–H and O–H groups in total. The summed E-state index contributed by atoms with van der Waals surface area (Å²) in [6.07, 6.45) is 0. The van der Waals surface area contributed by atoms with Gasteiger partial charge in [0.05, 0.1) is 4.34 Å². The van der Waals surface area contributed by atoms with Gasteiger partial charge in [0, 0.05) is 4.88 Å². The molecule has 0 aromatic carbocycles. The van der Waals surface area contributed by atoms with Crippen molar-refractivity contribution in [2.45, 2.75) is 33.6 Å². The van der Waals surface area contributed by atoms with E-state index in [9.17, 15) is 0 Å². The first-order valence-electron chi connectivity index (χ1n) is 5.96. The zero-order chi connectivity index (χ0) is 12.1. The lowest BCUT2D eigenvalue weighted by molar-refractivity contribution is 0.431. The first kappa shape index (κ1) is 14.0. The van der Waals surface area contributed by atoms with Crippen LogP contribution in [0.2, 0.25) is 4.34 Å². The van der Waals surface area contributed by atoms with Crippen molar-refractivity contribution in [3.63, 3.8) is 0 Å². The Hall–Kier alpha value is -0.0500. The molecule has 3 heteroatoms. The lowest BCUT2D eigenvalue weighted by Gasteiger charge is -2.19. The summed E-state index contributed by atoms with van der Waals surface area (Å²) < 4.78 is 0.893. The Kier molecular flexibility index (Phi) is 5.81. The first-order valence-corrected chi connectivity index (χ1v) is 7.16. The molecule has 0 fully saturated rings. The van der Waals surface area contributed by atoms with Crippen molar-refractivity contribution in [1.82, 2.24) is 5.32 Å². The van der Waals surface area contributed by atoms with Gasteiger partial charge < -0.3 is 5.32 Å². The second-order valence-corrected chi connectivity index (χ2v) is 6.71. The Morgan fingerprint density at radius 3 is 2.38 bits per heavy atom. The molecule has 92 valence electrons.